The van der Waals surface area contributed by atoms with Crippen LogP contribution in [-0.2, 0) is 5.41 Å². The van der Waals surface area contributed by atoms with Gasteiger partial charge in [0, 0.05) is 10.6 Å². The van der Waals surface area contributed by atoms with Gasteiger partial charge in [0.1, 0.15) is 0 Å². The Balaban J connectivity index is 2.00. The second-order valence-corrected chi connectivity index (χ2v) is 7.95. The van der Waals surface area contributed by atoms with Crippen molar-refractivity contribution in [1.82, 2.24) is 5.32 Å². The Labute approximate surface area is 127 Å². The molecular formula is C17H27NOS. The quantitative estimate of drug-likeness (QED) is 0.788. The molecule has 1 atom stereocenters. The molecule has 1 aromatic carbocycles. The van der Waals surface area contributed by atoms with Gasteiger partial charge in [-0.2, -0.15) is 0 Å². The van der Waals surface area contributed by atoms with Crippen LogP contribution in [-0.4, -0.2) is 30.1 Å². The molecule has 1 aliphatic carbocycles. The minimum Gasteiger partial charge on any atom is -0.394 e. The van der Waals surface area contributed by atoms with Crippen LogP contribution in [0, 0.1) is 5.92 Å². The fraction of sp³-hybridized carbons (Fsp3) is 0.647. The summed E-state index contributed by atoms with van der Waals surface area (Å²) in [6.45, 7) is 6.93. The van der Waals surface area contributed by atoms with E-state index in [-0.39, 0.29) is 17.6 Å². The molecule has 1 unspecified atom stereocenters. The van der Waals surface area contributed by atoms with E-state index in [1.165, 1.54) is 23.3 Å². The van der Waals surface area contributed by atoms with Gasteiger partial charge in [0.2, 0.25) is 0 Å². The number of nitrogens with one attached hydrogen (secondary N) is 1. The molecule has 0 radical (unpaired) electrons. The van der Waals surface area contributed by atoms with Crippen LogP contribution in [0.1, 0.15) is 39.2 Å². The maximum atomic E-state index is 9.74. The predicted molar refractivity (Wildman–Crippen MR) is 87.5 cm³/mol. The van der Waals surface area contributed by atoms with Gasteiger partial charge in [0.05, 0.1) is 12.1 Å². The van der Waals surface area contributed by atoms with E-state index < -0.39 is 0 Å². The molecule has 0 aromatic heterocycles. The van der Waals surface area contributed by atoms with Crippen molar-refractivity contribution in [3.8, 4) is 0 Å². The third-order valence-electron chi connectivity index (χ3n) is 4.36. The van der Waals surface area contributed by atoms with Crippen molar-refractivity contribution in [2.75, 3.05) is 19.4 Å². The number of aliphatic hydroxyl groups is 1. The summed E-state index contributed by atoms with van der Waals surface area (Å²) in [7, 11) is 1.97. The molecule has 112 valence electrons. The zero-order valence-electron chi connectivity index (χ0n) is 13.1. The first kappa shape index (κ1) is 15.9. The van der Waals surface area contributed by atoms with Crippen LogP contribution in [0.2, 0.25) is 0 Å². The molecule has 1 fully saturated rings. The maximum absolute atomic E-state index is 9.74. The summed E-state index contributed by atoms with van der Waals surface area (Å²) in [5.41, 5.74) is 1.47. The van der Waals surface area contributed by atoms with Crippen LogP contribution in [0.5, 0.6) is 0 Å². The first-order chi connectivity index (χ1) is 9.41. The third kappa shape index (κ3) is 3.57. The van der Waals surface area contributed by atoms with E-state index in [2.05, 4.69) is 50.4 Å². The van der Waals surface area contributed by atoms with Gasteiger partial charge in [-0.05, 0) is 48.9 Å². The van der Waals surface area contributed by atoms with Gasteiger partial charge in [0.15, 0.2) is 0 Å². The van der Waals surface area contributed by atoms with Crippen molar-refractivity contribution in [2.24, 2.45) is 5.92 Å². The van der Waals surface area contributed by atoms with Gasteiger partial charge in [-0.1, -0.05) is 32.9 Å². The highest BCUT2D eigenvalue weighted by atomic mass is 32.2. The summed E-state index contributed by atoms with van der Waals surface area (Å²) < 4.78 is 0. The van der Waals surface area contributed by atoms with Gasteiger partial charge in [-0.3, -0.25) is 0 Å². The molecule has 3 heteroatoms. The van der Waals surface area contributed by atoms with E-state index in [1.807, 2.05) is 18.8 Å². The lowest BCUT2D eigenvalue weighted by atomic mass is 9.87. The highest BCUT2D eigenvalue weighted by Gasteiger charge is 2.43. The first-order valence-corrected chi connectivity index (χ1v) is 8.43. The van der Waals surface area contributed by atoms with Gasteiger partial charge in [-0.15, -0.1) is 11.8 Å². The molecule has 0 aliphatic heterocycles. The second-order valence-electron chi connectivity index (χ2n) is 6.90. The smallest absolute Gasteiger partial charge is 0.0624 e. The van der Waals surface area contributed by atoms with E-state index in [0.717, 1.165) is 5.75 Å². The van der Waals surface area contributed by atoms with Crippen LogP contribution in [0.3, 0.4) is 0 Å². The van der Waals surface area contributed by atoms with Crippen LogP contribution in [0.15, 0.2) is 29.2 Å². The van der Waals surface area contributed by atoms with Gasteiger partial charge < -0.3 is 10.4 Å². The molecule has 0 saturated heterocycles. The minimum atomic E-state index is -0.104. The van der Waals surface area contributed by atoms with Crippen molar-refractivity contribution in [1.29, 1.82) is 0 Å². The Hall–Kier alpha value is -0.510. The van der Waals surface area contributed by atoms with E-state index >= 15 is 0 Å². The molecule has 0 spiro atoms. The lowest BCUT2D eigenvalue weighted by Gasteiger charge is -2.31. The molecule has 0 amide bonds. The third-order valence-corrected chi connectivity index (χ3v) is 5.62. The fourth-order valence-corrected chi connectivity index (χ4v) is 3.77. The summed E-state index contributed by atoms with van der Waals surface area (Å²) in [5.74, 6) is 1.57. The predicted octanol–water partition coefficient (Wildman–Crippen LogP) is 3.44. The number of thioether (sulfide) groups is 1. The van der Waals surface area contributed by atoms with E-state index in [1.54, 1.807) is 0 Å². The lowest BCUT2D eigenvalue weighted by molar-refractivity contribution is 0.167. The average Bonchev–Trinajstić information content (AvgIpc) is 3.25. The topological polar surface area (TPSA) is 32.3 Å². The van der Waals surface area contributed by atoms with E-state index in [4.69, 9.17) is 0 Å². The monoisotopic (exact) mass is 293 g/mol. The number of hydrogen-bond acceptors (Lipinski definition) is 3. The SMILES string of the molecule is CNC(CO)(CSc1ccc(C(C)(C)C)cc1)C1CC1. The van der Waals surface area contributed by atoms with Gasteiger partial charge >= 0.3 is 0 Å². The summed E-state index contributed by atoms with van der Waals surface area (Å²) in [6.07, 6.45) is 2.48. The summed E-state index contributed by atoms with van der Waals surface area (Å²) >= 11 is 1.84. The van der Waals surface area contributed by atoms with Crippen molar-refractivity contribution >= 4 is 11.8 Å². The number of benzene rings is 1. The van der Waals surface area contributed by atoms with Crippen LogP contribution in [0.25, 0.3) is 0 Å². The Morgan fingerprint density at radius 1 is 1.20 bits per heavy atom. The van der Waals surface area contributed by atoms with Crippen LogP contribution >= 0.6 is 11.8 Å². The minimum absolute atomic E-state index is 0.104. The van der Waals surface area contributed by atoms with Crippen molar-refractivity contribution in [3.63, 3.8) is 0 Å². The zero-order chi connectivity index (χ0) is 14.8. The van der Waals surface area contributed by atoms with Crippen LogP contribution < -0.4 is 5.32 Å². The summed E-state index contributed by atoms with van der Waals surface area (Å²) in [5, 5.41) is 13.1. The highest BCUT2D eigenvalue weighted by molar-refractivity contribution is 7.99. The largest absolute Gasteiger partial charge is 0.394 e. The first-order valence-electron chi connectivity index (χ1n) is 7.44. The Kier molecular flexibility index (Phi) is 4.83. The number of likely N-dealkylation sites (N-methyl/N-ethyl adjacent to an activating group) is 1. The molecule has 2 nitrogen and oxygen atoms in total. The van der Waals surface area contributed by atoms with Gasteiger partial charge in [0.25, 0.3) is 0 Å². The molecule has 0 bridgehead atoms. The molecule has 0 heterocycles. The molecule has 2 N–H and O–H groups in total. The molecule has 1 saturated carbocycles. The molecule has 20 heavy (non-hydrogen) atoms. The Bertz CT molecular complexity index is 427. The molecular weight excluding hydrogens is 266 g/mol. The van der Waals surface area contributed by atoms with Crippen molar-refractivity contribution in [3.05, 3.63) is 29.8 Å². The molecule has 1 aromatic rings. The standard InChI is InChI=1S/C17H27NOS/c1-16(2,3)13-7-9-15(10-8-13)20-12-17(11-19,18-4)14-5-6-14/h7-10,14,18-19H,5-6,11-12H2,1-4H3. The Morgan fingerprint density at radius 3 is 2.20 bits per heavy atom. The number of aliphatic hydroxyl groups excluding tert-OH is 1. The van der Waals surface area contributed by atoms with Crippen LogP contribution in [0.4, 0.5) is 0 Å². The maximum Gasteiger partial charge on any atom is 0.0624 e. The van der Waals surface area contributed by atoms with Crippen molar-refractivity contribution < 1.29 is 5.11 Å². The second kappa shape index (κ2) is 6.08. The van der Waals surface area contributed by atoms with Gasteiger partial charge in [-0.25, -0.2) is 0 Å². The van der Waals surface area contributed by atoms with E-state index in [9.17, 15) is 5.11 Å². The normalized spacial score (nSPS) is 18.9. The molecule has 2 rings (SSSR count). The lowest BCUT2D eigenvalue weighted by Crippen LogP contribution is -2.51. The Morgan fingerprint density at radius 2 is 1.80 bits per heavy atom. The summed E-state index contributed by atoms with van der Waals surface area (Å²) in [4.78, 5) is 1.28. The zero-order valence-corrected chi connectivity index (χ0v) is 13.9. The fourth-order valence-electron chi connectivity index (χ4n) is 2.55. The molecule has 1 aliphatic rings. The van der Waals surface area contributed by atoms with Crippen molar-refractivity contribution in [2.45, 2.75) is 49.5 Å². The number of hydrogen-bond donors (Lipinski definition) is 2. The number of rotatable bonds is 6. The highest BCUT2D eigenvalue weighted by Crippen LogP contribution is 2.42. The average molecular weight is 293 g/mol. The summed E-state index contributed by atoms with van der Waals surface area (Å²) in [6, 6.07) is 8.85. The van der Waals surface area contributed by atoms with E-state index in [0.29, 0.717) is 5.92 Å².